The Kier molecular flexibility index (Phi) is 10.8. The molecule has 32 heavy (non-hydrogen) atoms. The summed E-state index contributed by atoms with van der Waals surface area (Å²) in [5.41, 5.74) is 2.46. The maximum Gasteiger partial charge on any atom is 0.446 e. The number of hydrogen-bond donors (Lipinski definition) is 5. The number of anilines is 2. The van der Waals surface area contributed by atoms with Crippen LogP contribution in [-0.4, -0.2) is 40.3 Å². The van der Waals surface area contributed by atoms with Crippen molar-refractivity contribution in [3.8, 4) is 0 Å². The van der Waals surface area contributed by atoms with Crippen LogP contribution >= 0.6 is 24.0 Å². The third-order valence-corrected chi connectivity index (χ3v) is 5.69. The summed E-state index contributed by atoms with van der Waals surface area (Å²) >= 11 is 0.727. The number of nitrogens with zero attached hydrogens (tertiary/aromatic N) is 2. The molecule has 178 valence electrons. The highest BCUT2D eigenvalue weighted by Gasteiger charge is 2.29. The molecule has 0 aliphatic heterocycles. The average Bonchev–Trinajstić information content (AvgIpc) is 3.20. The smallest absolute Gasteiger partial charge is 0.400 e. The van der Waals surface area contributed by atoms with Gasteiger partial charge >= 0.3 is 5.51 Å². The summed E-state index contributed by atoms with van der Waals surface area (Å²) in [5.74, 6) is 1.46. The number of hydrogen-bond acceptors (Lipinski definition) is 10. The second kappa shape index (κ2) is 13.1. The summed E-state index contributed by atoms with van der Waals surface area (Å²) in [6.07, 6.45) is 3.98. The molecule has 1 aromatic heterocycles. The molecule has 3 atom stereocenters. The highest BCUT2D eigenvalue weighted by Crippen LogP contribution is 2.37. The normalized spacial score (nSPS) is 19.1. The van der Waals surface area contributed by atoms with E-state index in [0.29, 0.717) is 29.9 Å². The third kappa shape index (κ3) is 9.00. The molecule has 0 bridgehead atoms. The summed E-state index contributed by atoms with van der Waals surface area (Å²) in [6, 6.07) is 7.85. The highest BCUT2D eigenvalue weighted by molar-refractivity contribution is 8.00. The van der Waals surface area contributed by atoms with E-state index in [-0.39, 0.29) is 22.7 Å². The fourth-order valence-electron chi connectivity index (χ4n) is 3.30. The average molecular weight is 493 g/mol. The van der Waals surface area contributed by atoms with Crippen LogP contribution in [0.5, 0.6) is 0 Å². The van der Waals surface area contributed by atoms with Gasteiger partial charge in [-0.3, -0.25) is 5.14 Å². The Balaban J connectivity index is 0.00000176. The molecule has 8 nitrogen and oxygen atoms in total. The van der Waals surface area contributed by atoms with E-state index < -0.39 is 11.7 Å². The van der Waals surface area contributed by atoms with Crippen LogP contribution in [0.15, 0.2) is 41.4 Å². The summed E-state index contributed by atoms with van der Waals surface area (Å²) in [4.78, 5) is 8.79. The molecule has 1 saturated carbocycles. The van der Waals surface area contributed by atoms with Crippen LogP contribution in [0.3, 0.4) is 0 Å². The number of thioether (sulfide) groups is 1. The van der Waals surface area contributed by atoms with Crippen molar-refractivity contribution in [1.82, 2.24) is 9.97 Å². The second-order valence-electron chi connectivity index (χ2n) is 6.91. The van der Waals surface area contributed by atoms with Crippen LogP contribution < -0.4 is 21.5 Å². The van der Waals surface area contributed by atoms with Crippen molar-refractivity contribution < 1.29 is 22.5 Å². The topological polar surface area (TPSA) is 131 Å². The molecule has 7 N–H and O–H groups in total. The lowest BCUT2D eigenvalue weighted by atomic mass is 10.1. The fraction of sp³-hybridized carbons (Fsp3) is 0.474. The first-order valence-corrected chi connectivity index (χ1v) is 11.3. The van der Waals surface area contributed by atoms with Crippen LogP contribution in [-0.2, 0) is 4.18 Å². The number of aliphatic hydroxyl groups is 1. The molecule has 2 aromatic rings. The molecule has 1 aliphatic rings. The van der Waals surface area contributed by atoms with Gasteiger partial charge < -0.3 is 25.7 Å². The van der Waals surface area contributed by atoms with Gasteiger partial charge in [0.1, 0.15) is 12.0 Å². The molecular formula is C19H27F3N6O2S2. The number of halogens is 3. The zero-order chi connectivity index (χ0) is 23.6. The van der Waals surface area contributed by atoms with Crippen molar-refractivity contribution in [3.63, 3.8) is 0 Å². The van der Waals surface area contributed by atoms with Gasteiger partial charge in [0.15, 0.2) is 0 Å². The molecule has 0 spiro atoms. The summed E-state index contributed by atoms with van der Waals surface area (Å²) in [7, 11) is 1.00. The van der Waals surface area contributed by atoms with Crippen LogP contribution in [0, 0.1) is 5.92 Å². The summed E-state index contributed by atoms with van der Waals surface area (Å²) < 4.78 is 42.5. The van der Waals surface area contributed by atoms with E-state index in [4.69, 9.17) is 20.2 Å². The second-order valence-corrected chi connectivity index (χ2v) is 8.47. The molecule has 1 fully saturated rings. The predicted molar refractivity (Wildman–Crippen MR) is 122 cm³/mol. The lowest BCUT2D eigenvalue weighted by molar-refractivity contribution is -0.0328. The molecule has 3 unspecified atom stereocenters. The first-order chi connectivity index (χ1) is 15.3. The van der Waals surface area contributed by atoms with Gasteiger partial charge in [0.2, 0.25) is 5.95 Å². The lowest BCUT2D eigenvalue weighted by Gasteiger charge is -2.17. The number of nitrogens with one attached hydrogen (secondary N) is 2. The van der Waals surface area contributed by atoms with E-state index in [9.17, 15) is 13.2 Å². The predicted octanol–water partition coefficient (Wildman–Crippen LogP) is 3.89. The summed E-state index contributed by atoms with van der Waals surface area (Å²) in [5, 5.41) is 18.7. The molecule has 0 amide bonds. The van der Waals surface area contributed by atoms with Gasteiger partial charge in [-0.15, -0.1) is 0 Å². The fourth-order valence-corrected chi connectivity index (χ4v) is 4.11. The number of aliphatic hydroxyl groups excluding tert-OH is 1. The van der Waals surface area contributed by atoms with E-state index in [1.54, 1.807) is 24.4 Å². The zero-order valence-electron chi connectivity index (χ0n) is 17.4. The van der Waals surface area contributed by atoms with Gasteiger partial charge in [0, 0.05) is 24.2 Å². The van der Waals surface area contributed by atoms with Crippen molar-refractivity contribution in [2.45, 2.75) is 41.9 Å². The highest BCUT2D eigenvalue weighted by atomic mass is 32.2. The van der Waals surface area contributed by atoms with Crippen molar-refractivity contribution in [1.29, 1.82) is 0 Å². The Labute approximate surface area is 193 Å². The Hall–Kier alpha value is -1.77. The molecule has 0 radical (unpaired) electrons. The Morgan fingerprint density at radius 2 is 1.94 bits per heavy atom. The number of alkyl halides is 3. The SMILES string of the molecule is CO.NSOCC1CCC(Nc2nccc(NC(N)c3ccc(SC(F)(F)F)cc3)n2)C1. The Morgan fingerprint density at radius 3 is 2.59 bits per heavy atom. The van der Waals surface area contributed by atoms with Crippen LogP contribution in [0.25, 0.3) is 0 Å². The van der Waals surface area contributed by atoms with Gasteiger partial charge in [-0.25, -0.2) is 4.98 Å². The van der Waals surface area contributed by atoms with Crippen LogP contribution in [0.2, 0.25) is 0 Å². The van der Waals surface area contributed by atoms with Gasteiger partial charge in [-0.1, -0.05) is 12.1 Å². The van der Waals surface area contributed by atoms with E-state index in [1.165, 1.54) is 12.1 Å². The first kappa shape index (κ1) is 26.5. The molecule has 1 aliphatic carbocycles. The molecular weight excluding hydrogens is 465 g/mol. The first-order valence-electron chi connectivity index (χ1n) is 9.73. The number of nitrogens with two attached hydrogens (primary N) is 2. The zero-order valence-corrected chi connectivity index (χ0v) is 19.0. The van der Waals surface area contributed by atoms with E-state index in [2.05, 4.69) is 20.6 Å². The minimum absolute atomic E-state index is 0.109. The van der Waals surface area contributed by atoms with Gasteiger partial charge in [0.25, 0.3) is 0 Å². The maximum absolute atomic E-state index is 12.4. The molecule has 13 heteroatoms. The molecule has 0 saturated heterocycles. The number of rotatable bonds is 9. The number of benzene rings is 1. The minimum Gasteiger partial charge on any atom is -0.400 e. The van der Waals surface area contributed by atoms with E-state index in [1.807, 2.05) is 0 Å². The molecule has 1 heterocycles. The van der Waals surface area contributed by atoms with Crippen molar-refractivity contribution in [3.05, 3.63) is 42.1 Å². The molecule has 1 aromatic carbocycles. The Bertz CT molecular complexity index is 816. The summed E-state index contributed by atoms with van der Waals surface area (Å²) in [6.45, 7) is 0.622. The van der Waals surface area contributed by atoms with Crippen LogP contribution in [0.4, 0.5) is 24.9 Å². The van der Waals surface area contributed by atoms with Crippen molar-refractivity contribution in [2.75, 3.05) is 24.4 Å². The minimum atomic E-state index is -4.32. The lowest BCUT2D eigenvalue weighted by Crippen LogP contribution is -2.22. The molecule has 3 rings (SSSR count). The standard InChI is InChI=1S/C18H23F3N6OS2.CH4O/c19-18(20,21)29-14-5-2-12(3-6-14)16(22)26-15-7-8-24-17(27-15)25-13-4-1-11(9-13)10-28-30-23;1-2/h2-3,5-8,11,13,16H,1,4,9-10,22-23H2,(H2,24,25,26,27);2H,1H3. The van der Waals surface area contributed by atoms with E-state index >= 15 is 0 Å². The van der Waals surface area contributed by atoms with Gasteiger partial charge in [0.05, 0.1) is 18.8 Å². The van der Waals surface area contributed by atoms with Gasteiger partial charge in [-0.2, -0.15) is 18.2 Å². The maximum atomic E-state index is 12.4. The Morgan fingerprint density at radius 1 is 1.22 bits per heavy atom. The van der Waals surface area contributed by atoms with E-state index in [0.717, 1.165) is 38.6 Å². The third-order valence-electron chi connectivity index (χ3n) is 4.68. The largest absolute Gasteiger partial charge is 0.446 e. The van der Waals surface area contributed by atoms with Crippen molar-refractivity contribution >= 4 is 35.8 Å². The van der Waals surface area contributed by atoms with Crippen LogP contribution in [0.1, 0.15) is 31.0 Å². The van der Waals surface area contributed by atoms with Gasteiger partial charge in [-0.05, 0) is 60.7 Å². The quantitative estimate of drug-likeness (QED) is 0.152. The monoisotopic (exact) mass is 492 g/mol. The van der Waals surface area contributed by atoms with Crippen molar-refractivity contribution in [2.24, 2.45) is 16.8 Å². The number of aromatic nitrogens is 2.